The fourth-order valence-electron chi connectivity index (χ4n) is 0.528. The molecule has 0 aliphatic heterocycles. The van der Waals surface area contributed by atoms with Gasteiger partial charge in [0, 0.05) is 13.1 Å². The summed E-state index contributed by atoms with van der Waals surface area (Å²) in [6.45, 7) is 0. The SMILES string of the molecule is Cn1nc(I)cc1[C]=O. The molecule has 47 valence electrons. The van der Waals surface area contributed by atoms with Gasteiger partial charge in [-0.25, -0.2) is 0 Å². The molecule has 0 fully saturated rings. The zero-order valence-electron chi connectivity index (χ0n) is 4.76. The summed E-state index contributed by atoms with van der Waals surface area (Å²) in [7, 11) is 1.71. The quantitative estimate of drug-likeness (QED) is 0.663. The van der Waals surface area contributed by atoms with Crippen LogP contribution in [-0.4, -0.2) is 16.1 Å². The summed E-state index contributed by atoms with van der Waals surface area (Å²) in [6, 6.07) is 1.67. The molecule has 0 saturated heterocycles. The van der Waals surface area contributed by atoms with Gasteiger partial charge in [-0.3, -0.25) is 9.48 Å². The van der Waals surface area contributed by atoms with Crippen LogP contribution in [0.15, 0.2) is 6.07 Å². The minimum atomic E-state index is 0.486. The Morgan fingerprint density at radius 3 is 2.78 bits per heavy atom. The molecular weight excluding hydrogens is 231 g/mol. The lowest BCUT2D eigenvalue weighted by Gasteiger charge is -1.85. The van der Waals surface area contributed by atoms with Gasteiger partial charge < -0.3 is 0 Å². The van der Waals surface area contributed by atoms with Crippen LogP contribution in [0.5, 0.6) is 0 Å². The van der Waals surface area contributed by atoms with Crippen LogP contribution in [0.1, 0.15) is 5.69 Å². The molecule has 0 atom stereocenters. The highest BCUT2D eigenvalue weighted by Gasteiger charge is 1.99. The summed E-state index contributed by atoms with van der Waals surface area (Å²) in [5.41, 5.74) is 0.486. The van der Waals surface area contributed by atoms with Crippen molar-refractivity contribution in [3.8, 4) is 0 Å². The van der Waals surface area contributed by atoms with E-state index in [-0.39, 0.29) is 0 Å². The van der Waals surface area contributed by atoms with Crippen LogP contribution in [0.3, 0.4) is 0 Å². The molecule has 0 amide bonds. The molecule has 0 N–H and O–H groups in total. The number of aryl methyl sites for hydroxylation is 1. The third-order valence-corrected chi connectivity index (χ3v) is 1.48. The molecule has 0 aromatic carbocycles. The molecule has 0 unspecified atom stereocenters. The second kappa shape index (κ2) is 2.47. The number of carbonyl (C=O) groups excluding carboxylic acids is 1. The first kappa shape index (κ1) is 6.73. The average molecular weight is 235 g/mol. The highest BCUT2D eigenvalue weighted by molar-refractivity contribution is 14.1. The van der Waals surface area contributed by atoms with Crippen molar-refractivity contribution in [3.63, 3.8) is 0 Å². The lowest BCUT2D eigenvalue weighted by Crippen LogP contribution is -1.95. The van der Waals surface area contributed by atoms with Crippen molar-refractivity contribution in [1.82, 2.24) is 9.78 Å². The molecule has 0 aliphatic rings. The van der Waals surface area contributed by atoms with Crippen molar-refractivity contribution in [2.75, 3.05) is 0 Å². The largest absolute Gasteiger partial charge is 0.283 e. The molecular formula is C5H4IN2O. The average Bonchev–Trinajstić information content (AvgIpc) is 2.10. The van der Waals surface area contributed by atoms with Crippen LogP contribution < -0.4 is 0 Å². The van der Waals surface area contributed by atoms with Gasteiger partial charge in [-0.15, -0.1) is 0 Å². The summed E-state index contributed by atoms with van der Waals surface area (Å²) < 4.78 is 2.31. The number of aromatic nitrogens is 2. The van der Waals surface area contributed by atoms with E-state index in [1.165, 1.54) is 4.68 Å². The molecule has 1 radical (unpaired) electrons. The molecule has 4 heteroatoms. The molecule has 1 aromatic rings. The first-order valence-corrected chi connectivity index (χ1v) is 3.39. The molecule has 0 bridgehead atoms. The summed E-state index contributed by atoms with van der Waals surface area (Å²) >= 11 is 2.04. The number of rotatable bonds is 1. The minimum Gasteiger partial charge on any atom is -0.283 e. The van der Waals surface area contributed by atoms with E-state index < -0.39 is 0 Å². The first-order chi connectivity index (χ1) is 4.24. The van der Waals surface area contributed by atoms with E-state index in [1.54, 1.807) is 19.4 Å². The number of hydrogen-bond acceptors (Lipinski definition) is 2. The van der Waals surface area contributed by atoms with Crippen molar-refractivity contribution in [3.05, 3.63) is 15.5 Å². The Labute approximate surface area is 66.2 Å². The molecule has 0 spiro atoms. The summed E-state index contributed by atoms with van der Waals surface area (Å²) in [4.78, 5) is 10.1. The van der Waals surface area contributed by atoms with E-state index in [9.17, 15) is 4.79 Å². The normalized spacial score (nSPS) is 9.56. The summed E-state index contributed by atoms with van der Waals surface area (Å²) in [5, 5.41) is 3.92. The summed E-state index contributed by atoms with van der Waals surface area (Å²) in [6.07, 6.45) is 1.76. The van der Waals surface area contributed by atoms with Gasteiger partial charge in [0.25, 0.3) is 6.29 Å². The zero-order chi connectivity index (χ0) is 6.85. The van der Waals surface area contributed by atoms with Crippen molar-refractivity contribution < 1.29 is 4.79 Å². The third kappa shape index (κ3) is 1.29. The van der Waals surface area contributed by atoms with Gasteiger partial charge >= 0.3 is 0 Å². The van der Waals surface area contributed by atoms with Gasteiger partial charge in [0.15, 0.2) is 0 Å². The zero-order valence-corrected chi connectivity index (χ0v) is 6.92. The highest BCUT2D eigenvalue weighted by Crippen LogP contribution is 2.01. The number of halogens is 1. The van der Waals surface area contributed by atoms with Crippen LogP contribution in [0.25, 0.3) is 0 Å². The fourth-order valence-corrected chi connectivity index (χ4v) is 1.15. The standard InChI is InChI=1S/C5H4IN2O/c1-8-4(3-9)2-5(6)7-8/h2H,1H3. The second-order valence-electron chi connectivity index (χ2n) is 1.58. The maximum atomic E-state index is 10.1. The third-order valence-electron chi connectivity index (χ3n) is 0.955. The van der Waals surface area contributed by atoms with Gasteiger partial charge in [-0.1, -0.05) is 0 Å². The van der Waals surface area contributed by atoms with Crippen LogP contribution >= 0.6 is 22.6 Å². The Bertz CT molecular complexity index is 231. The smallest absolute Gasteiger partial charge is 0.253 e. The van der Waals surface area contributed by atoms with Gasteiger partial charge in [-0.2, -0.15) is 5.10 Å². The van der Waals surface area contributed by atoms with Crippen LogP contribution in [-0.2, 0) is 11.8 Å². The lowest BCUT2D eigenvalue weighted by molar-refractivity contribution is 0.558. The van der Waals surface area contributed by atoms with E-state index in [2.05, 4.69) is 5.10 Å². The molecule has 0 saturated carbocycles. The molecule has 1 rings (SSSR count). The van der Waals surface area contributed by atoms with Crippen LogP contribution in [0.4, 0.5) is 0 Å². The Kier molecular flexibility index (Phi) is 1.84. The molecule has 3 nitrogen and oxygen atoms in total. The maximum absolute atomic E-state index is 10.1. The predicted octanol–water partition coefficient (Wildman–Crippen LogP) is 0.483. The first-order valence-electron chi connectivity index (χ1n) is 2.31. The number of nitrogens with zero attached hydrogens (tertiary/aromatic N) is 2. The van der Waals surface area contributed by atoms with Gasteiger partial charge in [0.2, 0.25) is 0 Å². The van der Waals surface area contributed by atoms with E-state index in [0.29, 0.717) is 5.69 Å². The van der Waals surface area contributed by atoms with Crippen LogP contribution in [0.2, 0.25) is 0 Å². The van der Waals surface area contributed by atoms with Crippen molar-refractivity contribution in [2.45, 2.75) is 0 Å². The van der Waals surface area contributed by atoms with Gasteiger partial charge in [-0.05, 0) is 22.6 Å². The monoisotopic (exact) mass is 235 g/mol. The van der Waals surface area contributed by atoms with Gasteiger partial charge in [0.05, 0.1) is 0 Å². The van der Waals surface area contributed by atoms with E-state index in [0.717, 1.165) is 3.70 Å². The van der Waals surface area contributed by atoms with E-state index in [4.69, 9.17) is 0 Å². The Balaban J connectivity index is 3.15. The molecule has 0 aliphatic carbocycles. The predicted molar refractivity (Wildman–Crippen MR) is 40.7 cm³/mol. The van der Waals surface area contributed by atoms with Crippen molar-refractivity contribution in [2.24, 2.45) is 7.05 Å². The Morgan fingerprint density at radius 1 is 1.89 bits per heavy atom. The van der Waals surface area contributed by atoms with E-state index >= 15 is 0 Å². The fraction of sp³-hybridized carbons (Fsp3) is 0.200. The maximum Gasteiger partial charge on any atom is 0.253 e. The topological polar surface area (TPSA) is 34.9 Å². The van der Waals surface area contributed by atoms with Crippen molar-refractivity contribution >= 4 is 28.9 Å². The van der Waals surface area contributed by atoms with Crippen molar-refractivity contribution in [1.29, 1.82) is 0 Å². The molecule has 9 heavy (non-hydrogen) atoms. The lowest BCUT2D eigenvalue weighted by atomic mass is 10.5. The Hall–Kier alpha value is -0.390. The molecule has 1 heterocycles. The summed E-state index contributed by atoms with van der Waals surface area (Å²) in [5.74, 6) is 0. The van der Waals surface area contributed by atoms with Gasteiger partial charge in [0.1, 0.15) is 9.39 Å². The second-order valence-corrected chi connectivity index (χ2v) is 2.68. The minimum absolute atomic E-state index is 0.486. The van der Waals surface area contributed by atoms with Crippen LogP contribution in [0, 0.1) is 3.70 Å². The number of hydrogen-bond donors (Lipinski definition) is 0. The van der Waals surface area contributed by atoms with E-state index in [1.807, 2.05) is 22.6 Å². The molecule has 1 aromatic heterocycles. The Morgan fingerprint density at radius 2 is 2.56 bits per heavy atom. The highest BCUT2D eigenvalue weighted by atomic mass is 127.